The van der Waals surface area contributed by atoms with Crippen LogP contribution >= 0.6 is 0 Å². The van der Waals surface area contributed by atoms with E-state index in [9.17, 15) is 34.5 Å². The van der Waals surface area contributed by atoms with Gasteiger partial charge in [0.2, 0.25) is 0 Å². The Labute approximate surface area is 202 Å². The van der Waals surface area contributed by atoms with Crippen molar-refractivity contribution in [2.45, 2.75) is 0 Å². The van der Waals surface area contributed by atoms with E-state index in [0.29, 0.717) is 26.9 Å². The van der Waals surface area contributed by atoms with Crippen molar-refractivity contribution in [1.82, 2.24) is 0 Å². The molecule has 0 aromatic heterocycles. The normalized spacial score (nSPS) is 11.0. The molecule has 5 aromatic rings. The van der Waals surface area contributed by atoms with E-state index in [-0.39, 0.29) is 28.0 Å². The molecule has 8 heteroatoms. The molecule has 36 heavy (non-hydrogen) atoms. The van der Waals surface area contributed by atoms with Gasteiger partial charge < -0.3 is 20.1 Å². The molecule has 0 bridgehead atoms. The maximum absolute atomic E-state index is 13.1. The number of carboxylic acids is 3. The third kappa shape index (κ3) is 3.86. The molecule has 0 aliphatic rings. The summed E-state index contributed by atoms with van der Waals surface area (Å²) in [5, 5.41) is 31.9. The number of carboxylic acid groups (broad SMARTS) is 3. The van der Waals surface area contributed by atoms with Gasteiger partial charge >= 0.3 is 23.9 Å². The smallest absolute Gasteiger partial charge is 0.344 e. The summed E-state index contributed by atoms with van der Waals surface area (Å²) in [7, 11) is 0. The number of hydrogen-bond donors (Lipinski definition) is 3. The van der Waals surface area contributed by atoms with Gasteiger partial charge in [0.15, 0.2) is 0 Å². The van der Waals surface area contributed by atoms with Crippen LogP contribution in [0.5, 0.6) is 5.75 Å². The minimum Gasteiger partial charge on any atom is -0.478 e. The summed E-state index contributed by atoms with van der Waals surface area (Å²) in [5.74, 6) is -4.71. The number of fused-ring (bicyclic) bond motifs is 3. The zero-order chi connectivity index (χ0) is 25.6. The highest BCUT2D eigenvalue weighted by Gasteiger charge is 2.22. The molecule has 0 radical (unpaired) electrons. The molecule has 0 atom stereocenters. The second-order valence-electron chi connectivity index (χ2n) is 8.12. The van der Waals surface area contributed by atoms with E-state index in [4.69, 9.17) is 4.74 Å². The average Bonchev–Trinajstić information content (AvgIpc) is 2.85. The molecule has 0 fully saturated rings. The summed E-state index contributed by atoms with van der Waals surface area (Å²) in [4.78, 5) is 48.2. The highest BCUT2D eigenvalue weighted by molar-refractivity contribution is 6.12. The summed E-state index contributed by atoms with van der Waals surface area (Å²) in [6.45, 7) is 0. The lowest BCUT2D eigenvalue weighted by Gasteiger charge is -2.12. The molecular weight excluding hydrogens is 464 g/mol. The van der Waals surface area contributed by atoms with E-state index >= 15 is 0 Å². The Hall–Kier alpha value is -5.24. The maximum Gasteiger partial charge on any atom is 0.344 e. The standard InChI is InChI=1S/C28H16O8/c29-25(30)20-10-15-8-17-12-22(27(33)34)23(13-18(17)9-16(15)11-21(20)26(31)32)28(35)36-24-7-3-5-14-4-1-2-6-19(14)24/h1-13H,(H,29,30)(H,31,32)(H,33,34). The van der Waals surface area contributed by atoms with Crippen LogP contribution in [0.25, 0.3) is 32.3 Å². The van der Waals surface area contributed by atoms with Crippen molar-refractivity contribution in [2.75, 3.05) is 0 Å². The van der Waals surface area contributed by atoms with Gasteiger partial charge in [0.05, 0.1) is 22.3 Å². The van der Waals surface area contributed by atoms with E-state index in [2.05, 4.69) is 0 Å². The van der Waals surface area contributed by atoms with Crippen molar-refractivity contribution in [2.24, 2.45) is 0 Å². The maximum atomic E-state index is 13.1. The number of esters is 1. The summed E-state index contributed by atoms with van der Waals surface area (Å²) in [6.07, 6.45) is 0. The van der Waals surface area contributed by atoms with Crippen LogP contribution in [0.2, 0.25) is 0 Å². The number of benzene rings is 5. The lowest BCUT2D eigenvalue weighted by atomic mass is 9.95. The van der Waals surface area contributed by atoms with Crippen LogP contribution in [0.15, 0.2) is 78.9 Å². The molecule has 0 unspecified atom stereocenters. The SMILES string of the molecule is O=C(O)c1cc2cc3cc(C(=O)O)c(C(=O)Oc4cccc5ccccc45)cc3cc2cc1C(=O)O. The highest BCUT2D eigenvalue weighted by atomic mass is 16.5. The average molecular weight is 480 g/mol. The first-order chi connectivity index (χ1) is 17.2. The van der Waals surface area contributed by atoms with Gasteiger partial charge in [0, 0.05) is 5.39 Å². The van der Waals surface area contributed by atoms with Crippen LogP contribution in [0, 0.1) is 0 Å². The van der Waals surface area contributed by atoms with E-state index in [1.54, 1.807) is 36.4 Å². The molecule has 8 nitrogen and oxygen atoms in total. The van der Waals surface area contributed by atoms with Gasteiger partial charge in [-0.05, 0) is 69.4 Å². The number of hydrogen-bond acceptors (Lipinski definition) is 5. The summed E-state index contributed by atoms with van der Waals surface area (Å²) in [5.41, 5.74) is -1.23. The second-order valence-corrected chi connectivity index (χ2v) is 8.12. The van der Waals surface area contributed by atoms with Crippen LogP contribution in [-0.2, 0) is 0 Å². The molecule has 0 saturated heterocycles. The molecule has 0 spiro atoms. The molecule has 3 N–H and O–H groups in total. The van der Waals surface area contributed by atoms with Gasteiger partial charge in [-0.2, -0.15) is 0 Å². The Bertz CT molecular complexity index is 1760. The Balaban J connectivity index is 1.66. The second kappa shape index (κ2) is 8.52. The fourth-order valence-electron chi connectivity index (χ4n) is 4.24. The van der Waals surface area contributed by atoms with E-state index in [0.717, 1.165) is 5.39 Å². The van der Waals surface area contributed by atoms with Gasteiger partial charge in [-0.3, -0.25) is 0 Å². The first-order valence-corrected chi connectivity index (χ1v) is 10.7. The predicted molar refractivity (Wildman–Crippen MR) is 131 cm³/mol. The summed E-state index contributed by atoms with van der Waals surface area (Å²) < 4.78 is 5.59. The molecule has 0 amide bonds. The number of ether oxygens (including phenoxy) is 1. The Kier molecular flexibility index (Phi) is 5.33. The van der Waals surface area contributed by atoms with Gasteiger partial charge in [-0.15, -0.1) is 0 Å². The minimum atomic E-state index is -1.40. The Morgan fingerprint density at radius 1 is 0.500 bits per heavy atom. The van der Waals surface area contributed by atoms with Crippen molar-refractivity contribution in [3.05, 3.63) is 101 Å². The van der Waals surface area contributed by atoms with Crippen LogP contribution in [0.4, 0.5) is 0 Å². The minimum absolute atomic E-state index is 0.178. The highest BCUT2D eigenvalue weighted by Crippen LogP contribution is 2.30. The molecule has 0 saturated carbocycles. The molecule has 176 valence electrons. The van der Waals surface area contributed by atoms with Crippen molar-refractivity contribution < 1.29 is 39.2 Å². The van der Waals surface area contributed by atoms with Crippen LogP contribution in [0.3, 0.4) is 0 Å². The third-order valence-corrected chi connectivity index (χ3v) is 5.93. The Morgan fingerprint density at radius 2 is 0.944 bits per heavy atom. The van der Waals surface area contributed by atoms with Crippen LogP contribution in [0.1, 0.15) is 41.4 Å². The van der Waals surface area contributed by atoms with E-state index < -0.39 is 23.9 Å². The first kappa shape index (κ1) is 22.5. The van der Waals surface area contributed by atoms with E-state index in [1.165, 1.54) is 24.3 Å². The number of aromatic carboxylic acids is 3. The van der Waals surface area contributed by atoms with Gasteiger partial charge in [0.25, 0.3) is 0 Å². The van der Waals surface area contributed by atoms with Crippen molar-refractivity contribution >= 4 is 56.2 Å². The first-order valence-electron chi connectivity index (χ1n) is 10.7. The zero-order valence-electron chi connectivity index (χ0n) is 18.4. The van der Waals surface area contributed by atoms with Crippen molar-refractivity contribution in [3.63, 3.8) is 0 Å². The summed E-state index contributed by atoms with van der Waals surface area (Å²) in [6, 6.07) is 20.7. The lowest BCUT2D eigenvalue weighted by molar-refractivity contribution is 0.0652. The van der Waals surface area contributed by atoms with Crippen LogP contribution in [-0.4, -0.2) is 39.2 Å². The number of carbonyl (C=O) groups excluding carboxylic acids is 1. The quantitative estimate of drug-likeness (QED) is 0.171. The molecular formula is C28H16O8. The third-order valence-electron chi connectivity index (χ3n) is 5.93. The predicted octanol–water partition coefficient (Wildman–Crippen LogP) is 5.46. The molecule has 0 aliphatic heterocycles. The van der Waals surface area contributed by atoms with Gasteiger partial charge in [-0.25, -0.2) is 19.2 Å². The van der Waals surface area contributed by atoms with Crippen LogP contribution < -0.4 is 4.74 Å². The monoisotopic (exact) mass is 480 g/mol. The van der Waals surface area contributed by atoms with Crippen molar-refractivity contribution in [1.29, 1.82) is 0 Å². The Morgan fingerprint density at radius 3 is 1.47 bits per heavy atom. The van der Waals surface area contributed by atoms with Gasteiger partial charge in [-0.1, -0.05) is 36.4 Å². The molecule has 0 heterocycles. The molecule has 5 rings (SSSR count). The van der Waals surface area contributed by atoms with Crippen molar-refractivity contribution in [3.8, 4) is 5.75 Å². The number of carbonyl (C=O) groups is 4. The fourth-order valence-corrected chi connectivity index (χ4v) is 4.24. The lowest BCUT2D eigenvalue weighted by Crippen LogP contribution is -2.14. The molecule has 5 aromatic carbocycles. The molecule has 0 aliphatic carbocycles. The largest absolute Gasteiger partial charge is 0.478 e. The fraction of sp³-hybridized carbons (Fsp3) is 0. The topological polar surface area (TPSA) is 138 Å². The number of rotatable bonds is 5. The summed E-state index contributed by atoms with van der Waals surface area (Å²) >= 11 is 0. The zero-order valence-corrected chi connectivity index (χ0v) is 18.4. The van der Waals surface area contributed by atoms with E-state index in [1.807, 2.05) is 18.2 Å². The van der Waals surface area contributed by atoms with Gasteiger partial charge in [0.1, 0.15) is 5.75 Å².